The maximum atomic E-state index is 11.8. The van der Waals surface area contributed by atoms with E-state index in [1.54, 1.807) is 23.0 Å². The summed E-state index contributed by atoms with van der Waals surface area (Å²) in [4.78, 5) is 19.4. The first-order valence-electron chi connectivity index (χ1n) is 5.27. The number of hydrogen-bond acceptors (Lipinski definition) is 3. The van der Waals surface area contributed by atoms with Crippen LogP contribution in [0.25, 0.3) is 0 Å². The van der Waals surface area contributed by atoms with Gasteiger partial charge in [0.1, 0.15) is 0 Å². The molecule has 5 nitrogen and oxygen atoms in total. The molecule has 1 aromatic heterocycles. The molecular weight excluding hydrogens is 206 g/mol. The first-order valence-corrected chi connectivity index (χ1v) is 5.27. The normalized spacial score (nSPS) is 20.6. The molecule has 5 heteroatoms. The number of urea groups is 1. The molecule has 1 unspecified atom stereocenters. The predicted molar refractivity (Wildman–Crippen MR) is 58.8 cm³/mol. The summed E-state index contributed by atoms with van der Waals surface area (Å²) >= 11 is 0. The minimum Gasteiger partial charge on any atom is -0.395 e. The van der Waals surface area contributed by atoms with E-state index in [2.05, 4.69) is 4.98 Å². The molecule has 2 heterocycles. The second-order valence-corrected chi connectivity index (χ2v) is 3.83. The fraction of sp³-hybridized carbons (Fsp3) is 0.455. The third-order valence-electron chi connectivity index (χ3n) is 2.83. The molecule has 0 spiro atoms. The number of carbonyl (C=O) groups excluding carboxylic acids is 1. The summed E-state index contributed by atoms with van der Waals surface area (Å²) in [6.45, 7) is 0.966. The average molecular weight is 221 g/mol. The summed E-state index contributed by atoms with van der Waals surface area (Å²) in [7, 11) is 1.76. The molecule has 1 aliphatic heterocycles. The first-order chi connectivity index (χ1) is 7.74. The Morgan fingerprint density at radius 2 is 2.38 bits per heavy atom. The monoisotopic (exact) mass is 221 g/mol. The maximum Gasteiger partial charge on any atom is 0.320 e. The number of carbonyl (C=O) groups is 1. The Morgan fingerprint density at radius 1 is 1.56 bits per heavy atom. The second-order valence-electron chi connectivity index (χ2n) is 3.83. The minimum atomic E-state index is -0.0512. The van der Waals surface area contributed by atoms with Crippen molar-refractivity contribution in [2.75, 3.05) is 26.7 Å². The first kappa shape index (κ1) is 10.9. The van der Waals surface area contributed by atoms with Gasteiger partial charge in [-0.2, -0.15) is 0 Å². The van der Waals surface area contributed by atoms with Crippen LogP contribution in [0.3, 0.4) is 0 Å². The lowest BCUT2D eigenvalue weighted by atomic mass is 10.2. The summed E-state index contributed by atoms with van der Waals surface area (Å²) in [6, 6.07) is 5.61. The van der Waals surface area contributed by atoms with Crippen molar-refractivity contribution in [3.05, 3.63) is 30.1 Å². The molecule has 1 N–H and O–H groups in total. The molecule has 1 aromatic rings. The molecule has 2 amide bonds. The third kappa shape index (κ3) is 1.86. The van der Waals surface area contributed by atoms with Crippen LogP contribution < -0.4 is 0 Å². The SMILES string of the molecule is CN1C(=O)N(CCO)CC1c1ccccn1. The Bertz CT molecular complexity index is 369. The zero-order valence-electron chi connectivity index (χ0n) is 9.21. The Kier molecular flexibility index (Phi) is 3.05. The van der Waals surface area contributed by atoms with Crippen molar-refractivity contribution in [2.45, 2.75) is 6.04 Å². The summed E-state index contributed by atoms with van der Waals surface area (Å²) < 4.78 is 0. The number of aliphatic hydroxyl groups excluding tert-OH is 1. The highest BCUT2D eigenvalue weighted by atomic mass is 16.3. The number of rotatable bonds is 3. The van der Waals surface area contributed by atoms with Crippen molar-refractivity contribution in [3.8, 4) is 0 Å². The third-order valence-corrected chi connectivity index (χ3v) is 2.83. The lowest BCUT2D eigenvalue weighted by molar-refractivity contribution is 0.182. The smallest absolute Gasteiger partial charge is 0.320 e. The van der Waals surface area contributed by atoms with Gasteiger partial charge in [0.2, 0.25) is 0 Å². The van der Waals surface area contributed by atoms with E-state index in [0.29, 0.717) is 13.1 Å². The summed E-state index contributed by atoms with van der Waals surface area (Å²) in [5.74, 6) is 0. The number of β-amino-alcohol motifs (C(OH)–C–C–N with tert-alkyl or cyclic N) is 1. The standard InChI is InChI=1S/C11H15N3O2/c1-13-10(9-4-2-3-5-12-9)8-14(6-7-15)11(13)16/h2-5,10,15H,6-8H2,1H3. The van der Waals surface area contributed by atoms with Crippen LogP contribution in [0.4, 0.5) is 4.79 Å². The number of aromatic nitrogens is 1. The van der Waals surface area contributed by atoms with Crippen LogP contribution in [0.5, 0.6) is 0 Å². The molecule has 1 aliphatic rings. The van der Waals surface area contributed by atoms with Gasteiger partial charge in [-0.25, -0.2) is 4.79 Å². The molecule has 2 rings (SSSR count). The van der Waals surface area contributed by atoms with Gasteiger partial charge in [0.25, 0.3) is 0 Å². The zero-order chi connectivity index (χ0) is 11.5. The van der Waals surface area contributed by atoms with E-state index < -0.39 is 0 Å². The molecule has 0 aromatic carbocycles. The fourth-order valence-electron chi connectivity index (χ4n) is 1.94. The topological polar surface area (TPSA) is 56.7 Å². The molecular formula is C11H15N3O2. The molecule has 0 radical (unpaired) electrons. The quantitative estimate of drug-likeness (QED) is 0.807. The molecule has 1 fully saturated rings. The highest BCUT2D eigenvalue weighted by molar-refractivity contribution is 5.77. The molecule has 16 heavy (non-hydrogen) atoms. The Morgan fingerprint density at radius 3 is 3.00 bits per heavy atom. The van der Waals surface area contributed by atoms with Gasteiger partial charge in [-0.15, -0.1) is 0 Å². The van der Waals surface area contributed by atoms with Gasteiger partial charge in [-0.1, -0.05) is 6.07 Å². The molecule has 1 atom stereocenters. The van der Waals surface area contributed by atoms with Gasteiger partial charge in [-0.05, 0) is 12.1 Å². The van der Waals surface area contributed by atoms with Crippen molar-refractivity contribution in [3.63, 3.8) is 0 Å². The van der Waals surface area contributed by atoms with Gasteiger partial charge in [0.05, 0.1) is 18.3 Å². The van der Waals surface area contributed by atoms with E-state index >= 15 is 0 Å². The van der Waals surface area contributed by atoms with Crippen molar-refractivity contribution in [1.29, 1.82) is 0 Å². The number of nitrogens with zero attached hydrogens (tertiary/aromatic N) is 3. The molecule has 86 valence electrons. The predicted octanol–water partition coefficient (Wildman–Crippen LogP) is 0.482. The van der Waals surface area contributed by atoms with E-state index in [4.69, 9.17) is 5.11 Å². The van der Waals surface area contributed by atoms with Gasteiger partial charge in [-0.3, -0.25) is 4.98 Å². The van der Waals surface area contributed by atoms with Gasteiger partial charge in [0.15, 0.2) is 0 Å². The van der Waals surface area contributed by atoms with Crippen LogP contribution in [0, 0.1) is 0 Å². The van der Waals surface area contributed by atoms with Gasteiger partial charge >= 0.3 is 6.03 Å². The van der Waals surface area contributed by atoms with Crippen LogP contribution >= 0.6 is 0 Å². The highest BCUT2D eigenvalue weighted by Gasteiger charge is 2.35. The summed E-state index contributed by atoms with van der Waals surface area (Å²) in [5, 5.41) is 8.86. The molecule has 1 saturated heterocycles. The van der Waals surface area contributed by atoms with E-state index in [1.807, 2.05) is 18.2 Å². The number of pyridine rings is 1. The van der Waals surface area contributed by atoms with Crippen molar-refractivity contribution in [2.24, 2.45) is 0 Å². The molecule has 0 aliphatic carbocycles. The number of amides is 2. The van der Waals surface area contributed by atoms with E-state index in [0.717, 1.165) is 5.69 Å². The fourth-order valence-corrected chi connectivity index (χ4v) is 1.94. The number of likely N-dealkylation sites (N-methyl/N-ethyl adjacent to an activating group) is 1. The Labute approximate surface area is 94.3 Å². The zero-order valence-corrected chi connectivity index (χ0v) is 9.21. The minimum absolute atomic E-state index is 0.00544. The van der Waals surface area contributed by atoms with Crippen molar-refractivity contribution < 1.29 is 9.90 Å². The van der Waals surface area contributed by atoms with E-state index in [1.165, 1.54) is 0 Å². The van der Waals surface area contributed by atoms with Crippen LogP contribution in [-0.4, -0.2) is 52.7 Å². The highest BCUT2D eigenvalue weighted by Crippen LogP contribution is 2.25. The summed E-state index contributed by atoms with van der Waals surface area (Å²) in [5.41, 5.74) is 0.888. The van der Waals surface area contributed by atoms with E-state index in [9.17, 15) is 4.79 Å². The van der Waals surface area contributed by atoms with Gasteiger partial charge in [0, 0.05) is 26.3 Å². The second kappa shape index (κ2) is 4.49. The molecule has 0 bridgehead atoms. The van der Waals surface area contributed by atoms with E-state index in [-0.39, 0.29) is 18.7 Å². The van der Waals surface area contributed by atoms with Crippen LogP contribution in [0.15, 0.2) is 24.4 Å². The van der Waals surface area contributed by atoms with Crippen molar-refractivity contribution in [1.82, 2.24) is 14.8 Å². The van der Waals surface area contributed by atoms with Gasteiger partial charge < -0.3 is 14.9 Å². The number of aliphatic hydroxyl groups is 1. The number of hydrogen-bond donors (Lipinski definition) is 1. The molecule has 0 saturated carbocycles. The lowest BCUT2D eigenvalue weighted by Crippen LogP contribution is -2.31. The average Bonchev–Trinajstić information content (AvgIpc) is 2.59. The largest absolute Gasteiger partial charge is 0.395 e. The Hall–Kier alpha value is -1.62. The Balaban J connectivity index is 2.16. The van der Waals surface area contributed by atoms with Crippen LogP contribution in [-0.2, 0) is 0 Å². The van der Waals surface area contributed by atoms with Crippen LogP contribution in [0.1, 0.15) is 11.7 Å². The lowest BCUT2D eigenvalue weighted by Gasteiger charge is -2.16. The van der Waals surface area contributed by atoms with Crippen molar-refractivity contribution >= 4 is 6.03 Å². The van der Waals surface area contributed by atoms with Crippen LogP contribution in [0.2, 0.25) is 0 Å². The summed E-state index contributed by atoms with van der Waals surface area (Å²) in [6.07, 6.45) is 1.72. The maximum absolute atomic E-state index is 11.8.